The molecule has 1 aromatic carbocycles. The summed E-state index contributed by atoms with van der Waals surface area (Å²) in [7, 11) is 0. The van der Waals surface area contributed by atoms with Gasteiger partial charge in [-0.15, -0.1) is 0 Å². The van der Waals surface area contributed by atoms with Gasteiger partial charge in [0.1, 0.15) is 6.54 Å². The number of carbonyl (C=O) groups is 1. The second kappa shape index (κ2) is 8.27. The van der Waals surface area contributed by atoms with Crippen LogP contribution in [-0.4, -0.2) is 25.5 Å². The first-order valence-electron chi connectivity index (χ1n) is 10.3. The first kappa shape index (κ1) is 22.4. The second-order valence-corrected chi connectivity index (χ2v) is 8.53. The Morgan fingerprint density at radius 3 is 2.47 bits per heavy atom. The number of anilines is 1. The molecule has 0 saturated heterocycles. The number of nitrogens with one attached hydrogen (secondary N) is 1. The summed E-state index contributed by atoms with van der Waals surface area (Å²) in [5.74, 6) is -0.583. The number of aryl methyl sites for hydroxylation is 2. The number of halogens is 4. The average Bonchev–Trinajstić information content (AvgIpc) is 3.44. The van der Waals surface area contributed by atoms with E-state index in [4.69, 9.17) is 11.6 Å². The standard InChI is InChI=1S/C22H23ClF3N5O/c1-12-6-4-5-7-16(12)10-30-14(3)19(13(2)28-30)27-17(32)11-31-20(15-8-9-15)18(23)21(29-31)22(24,25)26/h4-7,15H,8-11H2,1-3H3,(H,27,32). The Balaban J connectivity index is 1.54. The Labute approximate surface area is 188 Å². The Morgan fingerprint density at radius 2 is 1.84 bits per heavy atom. The first-order chi connectivity index (χ1) is 15.1. The van der Waals surface area contributed by atoms with Gasteiger partial charge in [-0.1, -0.05) is 35.9 Å². The highest BCUT2D eigenvalue weighted by molar-refractivity contribution is 6.32. The lowest BCUT2D eigenvalue weighted by molar-refractivity contribution is -0.141. The molecule has 1 saturated carbocycles. The monoisotopic (exact) mass is 465 g/mol. The van der Waals surface area contributed by atoms with Crippen molar-refractivity contribution in [2.24, 2.45) is 0 Å². The fraction of sp³-hybridized carbons (Fsp3) is 0.409. The molecule has 1 aliphatic carbocycles. The third-order valence-corrected chi connectivity index (χ3v) is 6.06. The maximum atomic E-state index is 13.3. The third-order valence-electron chi connectivity index (χ3n) is 5.68. The quantitative estimate of drug-likeness (QED) is 0.541. The van der Waals surface area contributed by atoms with Crippen molar-refractivity contribution in [1.82, 2.24) is 19.6 Å². The van der Waals surface area contributed by atoms with Crippen molar-refractivity contribution in [3.05, 3.63) is 63.2 Å². The van der Waals surface area contributed by atoms with E-state index in [1.807, 2.05) is 38.1 Å². The summed E-state index contributed by atoms with van der Waals surface area (Å²) in [6, 6.07) is 7.96. The molecule has 1 aliphatic rings. The number of rotatable bonds is 6. The summed E-state index contributed by atoms with van der Waals surface area (Å²) < 4.78 is 42.6. The number of carbonyl (C=O) groups excluding carboxylic acids is 1. The maximum Gasteiger partial charge on any atom is 0.436 e. The van der Waals surface area contributed by atoms with Crippen molar-refractivity contribution in [2.75, 3.05) is 5.32 Å². The van der Waals surface area contributed by atoms with Crippen LogP contribution in [0.1, 0.15) is 52.7 Å². The van der Waals surface area contributed by atoms with E-state index in [1.165, 1.54) is 0 Å². The molecule has 4 rings (SSSR count). The number of hydrogen-bond acceptors (Lipinski definition) is 3. The summed E-state index contributed by atoms with van der Waals surface area (Å²) in [6.07, 6.45) is -3.21. The van der Waals surface area contributed by atoms with Gasteiger partial charge in [-0.25, -0.2) is 0 Å². The number of nitrogens with zero attached hydrogens (tertiary/aromatic N) is 4. The van der Waals surface area contributed by atoms with E-state index in [1.54, 1.807) is 11.6 Å². The summed E-state index contributed by atoms with van der Waals surface area (Å²) in [5.41, 5.74) is 3.30. The molecule has 1 fully saturated rings. The molecule has 10 heteroatoms. The first-order valence-corrected chi connectivity index (χ1v) is 10.7. The molecule has 2 heterocycles. The van der Waals surface area contributed by atoms with Gasteiger partial charge in [0.05, 0.1) is 34.3 Å². The largest absolute Gasteiger partial charge is 0.436 e. The van der Waals surface area contributed by atoms with Crippen LogP contribution < -0.4 is 5.32 Å². The number of amides is 1. The van der Waals surface area contributed by atoms with Crippen LogP contribution in [0.4, 0.5) is 18.9 Å². The number of aromatic nitrogens is 4. The van der Waals surface area contributed by atoms with Gasteiger partial charge >= 0.3 is 6.18 Å². The van der Waals surface area contributed by atoms with Crippen LogP contribution in [-0.2, 0) is 24.1 Å². The normalized spacial score (nSPS) is 14.1. The zero-order valence-corrected chi connectivity index (χ0v) is 18.7. The van der Waals surface area contributed by atoms with Crippen LogP contribution in [0, 0.1) is 20.8 Å². The van der Waals surface area contributed by atoms with Crippen LogP contribution in [0.3, 0.4) is 0 Å². The summed E-state index contributed by atoms with van der Waals surface area (Å²) in [4.78, 5) is 12.7. The van der Waals surface area contributed by atoms with E-state index in [2.05, 4.69) is 15.5 Å². The molecule has 0 bridgehead atoms. The predicted molar refractivity (Wildman–Crippen MR) is 115 cm³/mol. The molecule has 2 aromatic heterocycles. The molecule has 0 unspecified atom stereocenters. The van der Waals surface area contributed by atoms with Gasteiger partial charge in [-0.05, 0) is 44.7 Å². The van der Waals surface area contributed by atoms with Crippen LogP contribution in [0.25, 0.3) is 0 Å². The highest BCUT2D eigenvalue weighted by atomic mass is 35.5. The van der Waals surface area contributed by atoms with Crippen molar-refractivity contribution >= 4 is 23.2 Å². The van der Waals surface area contributed by atoms with Gasteiger partial charge in [0.25, 0.3) is 0 Å². The molecular formula is C22H23ClF3N5O. The lowest BCUT2D eigenvalue weighted by atomic mass is 10.1. The van der Waals surface area contributed by atoms with E-state index in [9.17, 15) is 18.0 Å². The van der Waals surface area contributed by atoms with Gasteiger partial charge in [0.15, 0.2) is 5.69 Å². The lowest BCUT2D eigenvalue weighted by Crippen LogP contribution is -2.22. The SMILES string of the molecule is Cc1ccccc1Cn1nc(C)c(NC(=O)Cn2nc(C(F)(F)F)c(Cl)c2C2CC2)c1C. The third kappa shape index (κ3) is 4.39. The molecule has 170 valence electrons. The van der Waals surface area contributed by atoms with Gasteiger partial charge in [0, 0.05) is 5.92 Å². The Bertz CT molecular complexity index is 1180. The molecule has 0 atom stereocenters. The van der Waals surface area contributed by atoms with Crippen LogP contribution >= 0.6 is 11.6 Å². The van der Waals surface area contributed by atoms with E-state index >= 15 is 0 Å². The van der Waals surface area contributed by atoms with Gasteiger partial charge in [-0.3, -0.25) is 14.2 Å². The summed E-state index contributed by atoms with van der Waals surface area (Å²) in [5, 5.41) is 10.5. The Hall–Kier alpha value is -2.81. The molecule has 3 aromatic rings. The molecule has 0 aliphatic heterocycles. The lowest BCUT2D eigenvalue weighted by Gasteiger charge is -2.10. The predicted octanol–water partition coefficient (Wildman–Crippen LogP) is 5.24. The van der Waals surface area contributed by atoms with Crippen molar-refractivity contribution in [3.63, 3.8) is 0 Å². The highest BCUT2D eigenvalue weighted by Gasteiger charge is 2.42. The van der Waals surface area contributed by atoms with Crippen molar-refractivity contribution in [3.8, 4) is 0 Å². The highest BCUT2D eigenvalue weighted by Crippen LogP contribution is 2.46. The van der Waals surface area contributed by atoms with Gasteiger partial charge < -0.3 is 5.32 Å². The second-order valence-electron chi connectivity index (χ2n) is 8.16. The smallest absolute Gasteiger partial charge is 0.321 e. The van der Waals surface area contributed by atoms with Gasteiger partial charge in [-0.2, -0.15) is 23.4 Å². The van der Waals surface area contributed by atoms with Crippen molar-refractivity contribution < 1.29 is 18.0 Å². The van der Waals surface area contributed by atoms with E-state index in [0.717, 1.165) is 34.3 Å². The minimum absolute atomic E-state index is 0.0979. The summed E-state index contributed by atoms with van der Waals surface area (Å²) >= 11 is 5.99. The Kier molecular flexibility index (Phi) is 5.79. The molecule has 0 spiro atoms. The topological polar surface area (TPSA) is 64.7 Å². The fourth-order valence-corrected chi connectivity index (χ4v) is 4.19. The number of hydrogen-bond donors (Lipinski definition) is 1. The summed E-state index contributed by atoms with van der Waals surface area (Å²) in [6.45, 7) is 5.83. The number of benzene rings is 1. The van der Waals surface area contributed by atoms with E-state index in [0.29, 0.717) is 17.9 Å². The van der Waals surface area contributed by atoms with Crippen molar-refractivity contribution in [2.45, 2.75) is 58.8 Å². The molecular weight excluding hydrogens is 443 g/mol. The van der Waals surface area contributed by atoms with Crippen LogP contribution in [0.5, 0.6) is 0 Å². The molecule has 1 N–H and O–H groups in total. The minimum Gasteiger partial charge on any atom is -0.321 e. The molecule has 0 radical (unpaired) electrons. The number of alkyl halides is 3. The van der Waals surface area contributed by atoms with Crippen molar-refractivity contribution in [1.29, 1.82) is 0 Å². The molecule has 1 amide bonds. The minimum atomic E-state index is -4.67. The average molecular weight is 466 g/mol. The zero-order chi connectivity index (χ0) is 23.2. The van der Waals surface area contributed by atoms with Crippen LogP contribution in [0.2, 0.25) is 5.02 Å². The van der Waals surface area contributed by atoms with Gasteiger partial charge in [0.2, 0.25) is 5.91 Å². The Morgan fingerprint density at radius 1 is 1.16 bits per heavy atom. The fourth-order valence-electron chi connectivity index (χ4n) is 3.80. The van der Waals surface area contributed by atoms with Crippen LogP contribution in [0.15, 0.2) is 24.3 Å². The molecule has 32 heavy (non-hydrogen) atoms. The molecule has 6 nitrogen and oxygen atoms in total. The van der Waals surface area contributed by atoms with E-state index in [-0.39, 0.29) is 18.2 Å². The van der Waals surface area contributed by atoms with E-state index < -0.39 is 22.8 Å². The maximum absolute atomic E-state index is 13.3. The zero-order valence-electron chi connectivity index (χ0n) is 17.9.